The van der Waals surface area contributed by atoms with E-state index in [0.717, 1.165) is 17.1 Å². The molecule has 0 spiro atoms. The van der Waals surface area contributed by atoms with Crippen LogP contribution in [0.3, 0.4) is 0 Å². The number of halogens is 1. The Balaban J connectivity index is 2.75. The molecule has 0 atom stereocenters. The fraction of sp³-hybridized carbons (Fsp3) is 0.417. The van der Waals surface area contributed by atoms with Gasteiger partial charge in [-0.25, -0.2) is 0 Å². The Hall–Kier alpha value is -1.04. The molecule has 1 rings (SSSR count). The molecule has 0 aromatic heterocycles. The lowest BCUT2D eigenvalue weighted by Crippen LogP contribution is -2.30. The molecular formula is C12H15ClN2. The Morgan fingerprint density at radius 2 is 2.07 bits per heavy atom. The standard InChI is InChI=1S/C12H15ClN2/c1-10(2)15(8-7-14)9-11-5-3-4-6-12(11)13/h3-6,10H,8-9H2,1-2H3. The number of rotatable bonds is 4. The van der Waals surface area contributed by atoms with E-state index in [2.05, 4.69) is 24.8 Å². The highest BCUT2D eigenvalue weighted by molar-refractivity contribution is 6.31. The summed E-state index contributed by atoms with van der Waals surface area (Å²) in [7, 11) is 0. The third-order valence-electron chi connectivity index (χ3n) is 2.34. The van der Waals surface area contributed by atoms with E-state index in [9.17, 15) is 0 Å². The second-order valence-corrected chi connectivity index (χ2v) is 4.16. The normalized spacial score (nSPS) is 10.7. The maximum Gasteiger partial charge on any atom is 0.0871 e. The Morgan fingerprint density at radius 1 is 1.40 bits per heavy atom. The summed E-state index contributed by atoms with van der Waals surface area (Å²) in [4.78, 5) is 2.08. The van der Waals surface area contributed by atoms with Gasteiger partial charge < -0.3 is 0 Å². The van der Waals surface area contributed by atoms with Crippen LogP contribution in [0.1, 0.15) is 19.4 Å². The first-order valence-corrected chi connectivity index (χ1v) is 5.37. The van der Waals surface area contributed by atoms with Crippen molar-refractivity contribution in [3.63, 3.8) is 0 Å². The predicted molar refractivity (Wildman–Crippen MR) is 62.6 cm³/mol. The molecule has 2 nitrogen and oxygen atoms in total. The fourth-order valence-corrected chi connectivity index (χ4v) is 1.55. The van der Waals surface area contributed by atoms with E-state index in [4.69, 9.17) is 16.9 Å². The first kappa shape index (κ1) is 12.0. The van der Waals surface area contributed by atoms with Gasteiger partial charge in [-0.15, -0.1) is 0 Å². The van der Waals surface area contributed by atoms with Crippen molar-refractivity contribution in [1.82, 2.24) is 4.90 Å². The van der Waals surface area contributed by atoms with E-state index in [-0.39, 0.29) is 0 Å². The van der Waals surface area contributed by atoms with Crippen molar-refractivity contribution in [2.75, 3.05) is 6.54 Å². The molecule has 0 unspecified atom stereocenters. The number of nitrogens with zero attached hydrogens (tertiary/aromatic N) is 2. The van der Waals surface area contributed by atoms with Gasteiger partial charge in [-0.05, 0) is 25.5 Å². The summed E-state index contributed by atoms with van der Waals surface area (Å²) in [6.07, 6.45) is 0. The molecule has 0 saturated carbocycles. The average molecular weight is 223 g/mol. The molecule has 3 heteroatoms. The van der Waals surface area contributed by atoms with Crippen LogP contribution in [-0.4, -0.2) is 17.5 Å². The van der Waals surface area contributed by atoms with Gasteiger partial charge in [0, 0.05) is 17.6 Å². The lowest BCUT2D eigenvalue weighted by molar-refractivity contribution is 0.240. The first-order valence-electron chi connectivity index (χ1n) is 4.99. The van der Waals surface area contributed by atoms with Gasteiger partial charge in [0.25, 0.3) is 0 Å². The molecule has 0 saturated heterocycles. The third kappa shape index (κ3) is 3.54. The zero-order chi connectivity index (χ0) is 11.3. The van der Waals surface area contributed by atoms with Crippen LogP contribution < -0.4 is 0 Å². The van der Waals surface area contributed by atoms with Gasteiger partial charge in [0.15, 0.2) is 0 Å². The van der Waals surface area contributed by atoms with Gasteiger partial charge in [0.2, 0.25) is 0 Å². The zero-order valence-corrected chi connectivity index (χ0v) is 9.83. The van der Waals surface area contributed by atoms with Crippen LogP contribution in [-0.2, 0) is 6.54 Å². The van der Waals surface area contributed by atoms with Crippen molar-refractivity contribution < 1.29 is 0 Å². The molecule has 0 aliphatic heterocycles. The number of nitriles is 1. The van der Waals surface area contributed by atoms with Crippen LogP contribution in [0.2, 0.25) is 5.02 Å². The van der Waals surface area contributed by atoms with Gasteiger partial charge >= 0.3 is 0 Å². The molecule has 80 valence electrons. The quantitative estimate of drug-likeness (QED) is 0.733. The predicted octanol–water partition coefficient (Wildman–Crippen LogP) is 3.07. The van der Waals surface area contributed by atoms with E-state index in [1.54, 1.807) is 0 Å². The van der Waals surface area contributed by atoms with E-state index < -0.39 is 0 Å². The molecule has 0 aliphatic rings. The summed E-state index contributed by atoms with van der Waals surface area (Å²) in [5.74, 6) is 0. The summed E-state index contributed by atoms with van der Waals surface area (Å²) >= 11 is 6.06. The summed E-state index contributed by atoms with van der Waals surface area (Å²) < 4.78 is 0. The van der Waals surface area contributed by atoms with Crippen molar-refractivity contribution in [3.05, 3.63) is 34.9 Å². The summed E-state index contributed by atoms with van der Waals surface area (Å²) in [5.41, 5.74) is 1.07. The first-order chi connectivity index (χ1) is 7.15. The second kappa shape index (κ2) is 5.75. The molecule has 0 heterocycles. The Labute approximate surface area is 96.1 Å². The smallest absolute Gasteiger partial charge is 0.0871 e. The lowest BCUT2D eigenvalue weighted by atomic mass is 10.2. The topological polar surface area (TPSA) is 27.0 Å². The van der Waals surface area contributed by atoms with Crippen LogP contribution >= 0.6 is 11.6 Å². The highest BCUT2D eigenvalue weighted by Crippen LogP contribution is 2.17. The molecule has 1 aromatic rings. The van der Waals surface area contributed by atoms with E-state index in [1.807, 2.05) is 24.3 Å². The minimum absolute atomic E-state index is 0.348. The Kier molecular flexibility index (Phi) is 4.61. The highest BCUT2D eigenvalue weighted by Gasteiger charge is 2.10. The van der Waals surface area contributed by atoms with E-state index in [0.29, 0.717) is 12.6 Å². The number of benzene rings is 1. The van der Waals surface area contributed by atoms with Crippen molar-refractivity contribution in [2.45, 2.75) is 26.4 Å². The summed E-state index contributed by atoms with van der Waals surface area (Å²) in [6.45, 7) is 5.32. The monoisotopic (exact) mass is 222 g/mol. The molecular weight excluding hydrogens is 208 g/mol. The van der Waals surface area contributed by atoms with E-state index >= 15 is 0 Å². The largest absolute Gasteiger partial charge is 0.284 e. The van der Waals surface area contributed by atoms with Crippen LogP contribution in [0.4, 0.5) is 0 Å². The third-order valence-corrected chi connectivity index (χ3v) is 2.70. The molecule has 0 N–H and O–H groups in total. The summed E-state index contributed by atoms with van der Waals surface area (Å²) in [6, 6.07) is 10.3. The second-order valence-electron chi connectivity index (χ2n) is 3.75. The minimum atomic E-state index is 0.348. The fourth-order valence-electron chi connectivity index (χ4n) is 1.36. The molecule has 0 bridgehead atoms. The maximum absolute atomic E-state index is 8.71. The van der Waals surface area contributed by atoms with Gasteiger partial charge in [0.1, 0.15) is 0 Å². The SMILES string of the molecule is CC(C)N(CC#N)Cc1ccccc1Cl. The number of hydrogen-bond acceptors (Lipinski definition) is 2. The van der Waals surface area contributed by atoms with Crippen LogP contribution in [0.5, 0.6) is 0 Å². The average Bonchev–Trinajstić information content (AvgIpc) is 2.20. The van der Waals surface area contributed by atoms with Crippen molar-refractivity contribution in [1.29, 1.82) is 5.26 Å². The van der Waals surface area contributed by atoms with Gasteiger partial charge in [-0.3, -0.25) is 4.90 Å². The van der Waals surface area contributed by atoms with Gasteiger partial charge in [-0.2, -0.15) is 5.26 Å². The van der Waals surface area contributed by atoms with E-state index in [1.165, 1.54) is 0 Å². The van der Waals surface area contributed by atoms with Crippen molar-refractivity contribution in [2.24, 2.45) is 0 Å². The number of hydrogen-bond donors (Lipinski definition) is 0. The van der Waals surface area contributed by atoms with Gasteiger partial charge in [0.05, 0.1) is 12.6 Å². The Bertz CT molecular complexity index is 355. The van der Waals surface area contributed by atoms with Crippen LogP contribution in [0.15, 0.2) is 24.3 Å². The minimum Gasteiger partial charge on any atom is -0.284 e. The maximum atomic E-state index is 8.71. The van der Waals surface area contributed by atoms with Crippen molar-refractivity contribution in [3.8, 4) is 6.07 Å². The molecule has 0 radical (unpaired) electrons. The Morgan fingerprint density at radius 3 is 2.60 bits per heavy atom. The zero-order valence-electron chi connectivity index (χ0n) is 9.07. The highest BCUT2D eigenvalue weighted by atomic mass is 35.5. The molecule has 0 aliphatic carbocycles. The van der Waals surface area contributed by atoms with Crippen molar-refractivity contribution >= 4 is 11.6 Å². The summed E-state index contributed by atoms with van der Waals surface area (Å²) in [5, 5.41) is 9.47. The molecule has 0 fully saturated rings. The van der Waals surface area contributed by atoms with Crippen LogP contribution in [0.25, 0.3) is 0 Å². The lowest BCUT2D eigenvalue weighted by Gasteiger charge is -2.23. The molecule has 15 heavy (non-hydrogen) atoms. The van der Waals surface area contributed by atoms with Crippen LogP contribution in [0, 0.1) is 11.3 Å². The van der Waals surface area contributed by atoms with Gasteiger partial charge in [-0.1, -0.05) is 29.8 Å². The molecule has 1 aromatic carbocycles. The molecule has 0 amide bonds.